The average Bonchev–Trinajstić information content (AvgIpc) is 2.43. The first-order chi connectivity index (χ1) is 9.47. The van der Waals surface area contributed by atoms with Gasteiger partial charge in [-0.15, -0.1) is 0 Å². The number of aliphatic hydroxyl groups excluding tert-OH is 1. The number of hydrogen-bond donors (Lipinski definition) is 3. The van der Waals surface area contributed by atoms with Crippen molar-refractivity contribution in [3.63, 3.8) is 0 Å². The van der Waals surface area contributed by atoms with Gasteiger partial charge in [-0.1, -0.05) is 28.1 Å². The quantitative estimate of drug-likeness (QED) is 0.799. The fourth-order valence-corrected chi connectivity index (χ4v) is 2.22. The lowest BCUT2D eigenvalue weighted by Crippen LogP contribution is -2.43. The van der Waals surface area contributed by atoms with Gasteiger partial charge in [-0.05, 0) is 42.0 Å². The molecular formula is C15H17BrN2O2. The van der Waals surface area contributed by atoms with E-state index in [0.29, 0.717) is 5.56 Å². The minimum atomic E-state index is -0.649. The van der Waals surface area contributed by atoms with Gasteiger partial charge in [-0.2, -0.15) is 0 Å². The van der Waals surface area contributed by atoms with Crippen LogP contribution >= 0.6 is 15.9 Å². The summed E-state index contributed by atoms with van der Waals surface area (Å²) in [5.41, 5.74) is 6.26. The van der Waals surface area contributed by atoms with Crippen LogP contribution in [0.15, 0.2) is 40.9 Å². The molecule has 2 aromatic carbocycles. The van der Waals surface area contributed by atoms with Crippen LogP contribution in [0, 0.1) is 0 Å². The summed E-state index contributed by atoms with van der Waals surface area (Å²) in [4.78, 5) is 12.0. The van der Waals surface area contributed by atoms with Crippen LogP contribution in [0.4, 0.5) is 0 Å². The molecule has 0 saturated carbocycles. The summed E-state index contributed by atoms with van der Waals surface area (Å²) < 4.78 is 1.00. The van der Waals surface area contributed by atoms with Gasteiger partial charge in [0.05, 0.1) is 6.10 Å². The Balaban J connectivity index is 2.12. The average molecular weight is 337 g/mol. The second-order valence-electron chi connectivity index (χ2n) is 4.82. The first-order valence-corrected chi connectivity index (χ1v) is 7.18. The van der Waals surface area contributed by atoms with Crippen LogP contribution < -0.4 is 11.1 Å². The molecule has 0 saturated heterocycles. The van der Waals surface area contributed by atoms with E-state index in [4.69, 9.17) is 5.73 Å². The third kappa shape index (κ3) is 3.56. The van der Waals surface area contributed by atoms with E-state index in [2.05, 4.69) is 21.2 Å². The predicted molar refractivity (Wildman–Crippen MR) is 83.6 cm³/mol. The Hall–Kier alpha value is -1.43. The lowest BCUT2D eigenvalue weighted by molar-refractivity contribution is 0.0937. The molecule has 106 valence electrons. The smallest absolute Gasteiger partial charge is 0.251 e. The van der Waals surface area contributed by atoms with Crippen molar-refractivity contribution in [3.05, 3.63) is 46.4 Å². The zero-order chi connectivity index (χ0) is 14.7. The van der Waals surface area contributed by atoms with E-state index >= 15 is 0 Å². The van der Waals surface area contributed by atoms with Crippen molar-refractivity contribution in [2.24, 2.45) is 5.73 Å². The molecule has 4 nitrogen and oxygen atoms in total. The number of aliphatic hydroxyl groups is 1. The number of nitrogens with one attached hydrogen (secondary N) is 1. The first-order valence-electron chi connectivity index (χ1n) is 6.38. The number of benzene rings is 2. The molecule has 0 fully saturated rings. The third-order valence-electron chi connectivity index (χ3n) is 3.18. The van der Waals surface area contributed by atoms with Crippen LogP contribution in [0.2, 0.25) is 0 Å². The molecule has 0 aliphatic rings. The first kappa shape index (κ1) is 15.0. The molecule has 20 heavy (non-hydrogen) atoms. The molecule has 1 amide bonds. The van der Waals surface area contributed by atoms with Crippen molar-refractivity contribution in [1.82, 2.24) is 5.32 Å². The highest BCUT2D eigenvalue weighted by Crippen LogP contribution is 2.20. The fourth-order valence-electron chi connectivity index (χ4n) is 1.84. The normalized spacial score (nSPS) is 14.0. The van der Waals surface area contributed by atoms with Gasteiger partial charge >= 0.3 is 0 Å². The maximum Gasteiger partial charge on any atom is 0.251 e. The molecule has 2 atom stereocenters. The van der Waals surface area contributed by atoms with Gasteiger partial charge in [-0.3, -0.25) is 4.79 Å². The van der Waals surface area contributed by atoms with E-state index < -0.39 is 12.1 Å². The Labute approximate surface area is 126 Å². The molecule has 0 aliphatic heterocycles. The number of halogens is 1. The molecule has 2 rings (SSSR count). The van der Waals surface area contributed by atoms with Crippen LogP contribution in [0.5, 0.6) is 0 Å². The maximum absolute atomic E-state index is 12.0. The Morgan fingerprint density at radius 1 is 1.30 bits per heavy atom. The number of rotatable bonds is 4. The molecule has 2 unspecified atom stereocenters. The molecule has 0 aliphatic carbocycles. The summed E-state index contributed by atoms with van der Waals surface area (Å²) in [6.07, 6.45) is -0.649. The zero-order valence-corrected chi connectivity index (χ0v) is 12.7. The van der Waals surface area contributed by atoms with Gasteiger partial charge in [0.25, 0.3) is 5.91 Å². The van der Waals surface area contributed by atoms with Crippen LogP contribution in [0.25, 0.3) is 10.8 Å². The topological polar surface area (TPSA) is 75.3 Å². The van der Waals surface area contributed by atoms with Crippen molar-refractivity contribution >= 4 is 32.6 Å². The molecule has 0 radical (unpaired) electrons. The number of amides is 1. The molecule has 4 N–H and O–H groups in total. The molecule has 2 aromatic rings. The Kier molecular flexibility index (Phi) is 4.75. The summed E-state index contributed by atoms with van der Waals surface area (Å²) in [6.45, 7) is 1.85. The van der Waals surface area contributed by atoms with Crippen LogP contribution in [0.1, 0.15) is 17.3 Å². The van der Waals surface area contributed by atoms with E-state index in [1.165, 1.54) is 0 Å². The van der Waals surface area contributed by atoms with Crippen molar-refractivity contribution in [2.75, 3.05) is 6.54 Å². The highest BCUT2D eigenvalue weighted by atomic mass is 79.9. The summed E-state index contributed by atoms with van der Waals surface area (Å²) in [5.74, 6) is -0.189. The standard InChI is InChI=1S/C15H17BrN2O2/c1-9(19)14(17)8-18-15(20)12-3-2-11-7-13(16)5-4-10(11)6-12/h2-7,9,14,19H,8,17H2,1H3,(H,18,20). The van der Waals surface area contributed by atoms with Crippen LogP contribution in [-0.2, 0) is 0 Å². The summed E-state index contributed by atoms with van der Waals surface area (Å²) in [6, 6.07) is 11.0. The van der Waals surface area contributed by atoms with Gasteiger partial charge in [0.15, 0.2) is 0 Å². The van der Waals surface area contributed by atoms with Gasteiger partial charge < -0.3 is 16.2 Å². The van der Waals surface area contributed by atoms with Crippen molar-refractivity contribution in [1.29, 1.82) is 0 Å². The largest absolute Gasteiger partial charge is 0.392 e. The van der Waals surface area contributed by atoms with Gasteiger partial charge in [-0.25, -0.2) is 0 Å². The van der Waals surface area contributed by atoms with Crippen molar-refractivity contribution < 1.29 is 9.90 Å². The fraction of sp³-hybridized carbons (Fsp3) is 0.267. The Morgan fingerprint density at radius 3 is 2.65 bits per heavy atom. The molecule has 0 heterocycles. The lowest BCUT2D eigenvalue weighted by Gasteiger charge is -2.15. The van der Waals surface area contributed by atoms with E-state index in [1.54, 1.807) is 13.0 Å². The highest BCUT2D eigenvalue weighted by Gasteiger charge is 2.12. The van der Waals surface area contributed by atoms with Gasteiger partial charge in [0.1, 0.15) is 0 Å². The SMILES string of the molecule is CC(O)C(N)CNC(=O)c1ccc2cc(Br)ccc2c1. The second-order valence-corrected chi connectivity index (χ2v) is 5.74. The van der Waals surface area contributed by atoms with Crippen molar-refractivity contribution in [3.8, 4) is 0 Å². The molecule has 5 heteroatoms. The minimum Gasteiger partial charge on any atom is -0.392 e. The summed E-state index contributed by atoms with van der Waals surface area (Å²) >= 11 is 3.42. The number of nitrogens with two attached hydrogens (primary N) is 1. The van der Waals surface area contributed by atoms with Crippen LogP contribution in [-0.4, -0.2) is 29.7 Å². The lowest BCUT2D eigenvalue weighted by atomic mass is 10.1. The van der Waals surface area contributed by atoms with E-state index in [1.807, 2.05) is 30.3 Å². The van der Waals surface area contributed by atoms with Crippen molar-refractivity contribution in [2.45, 2.75) is 19.1 Å². The van der Waals surface area contributed by atoms with Gasteiger partial charge in [0, 0.05) is 22.6 Å². The molecule has 0 spiro atoms. The van der Waals surface area contributed by atoms with Crippen LogP contribution in [0.3, 0.4) is 0 Å². The predicted octanol–water partition coefficient (Wildman–Crippen LogP) is 2.04. The minimum absolute atomic E-state index is 0.189. The molecule has 0 bridgehead atoms. The Morgan fingerprint density at radius 2 is 1.95 bits per heavy atom. The third-order valence-corrected chi connectivity index (χ3v) is 3.68. The maximum atomic E-state index is 12.0. The van der Waals surface area contributed by atoms with E-state index in [-0.39, 0.29) is 12.5 Å². The van der Waals surface area contributed by atoms with E-state index in [0.717, 1.165) is 15.2 Å². The highest BCUT2D eigenvalue weighted by molar-refractivity contribution is 9.10. The number of carbonyl (C=O) groups is 1. The number of hydrogen-bond acceptors (Lipinski definition) is 3. The number of fused-ring (bicyclic) bond motifs is 1. The zero-order valence-electron chi connectivity index (χ0n) is 11.1. The summed E-state index contributed by atoms with van der Waals surface area (Å²) in [7, 11) is 0. The summed E-state index contributed by atoms with van der Waals surface area (Å²) in [5, 5.41) is 14.1. The van der Waals surface area contributed by atoms with Gasteiger partial charge in [0.2, 0.25) is 0 Å². The second kappa shape index (κ2) is 6.35. The van der Waals surface area contributed by atoms with E-state index in [9.17, 15) is 9.90 Å². The number of carbonyl (C=O) groups excluding carboxylic acids is 1. The Bertz CT molecular complexity index is 628. The monoisotopic (exact) mass is 336 g/mol. The molecule has 0 aromatic heterocycles. The molecular weight excluding hydrogens is 320 g/mol.